The van der Waals surface area contributed by atoms with Crippen LogP contribution >= 0.6 is 22.6 Å². The second-order valence-corrected chi connectivity index (χ2v) is 5.45. The first-order valence-electron chi connectivity index (χ1n) is 6.04. The van der Waals surface area contributed by atoms with Crippen molar-refractivity contribution in [1.82, 2.24) is 5.43 Å². The Bertz CT molecular complexity index is 744. The van der Waals surface area contributed by atoms with Gasteiger partial charge in [-0.2, -0.15) is 5.10 Å². The monoisotopic (exact) mass is 411 g/mol. The van der Waals surface area contributed by atoms with Crippen molar-refractivity contribution >= 4 is 40.4 Å². The van der Waals surface area contributed by atoms with Gasteiger partial charge in [-0.3, -0.25) is 14.9 Å². The van der Waals surface area contributed by atoms with E-state index in [2.05, 4.69) is 33.1 Å². The number of aromatic hydroxyl groups is 1. The van der Waals surface area contributed by atoms with Gasteiger partial charge in [-0.1, -0.05) is 0 Å². The number of phenolic OH excluding ortho intramolecular Hbond substituents is 1. The molecule has 1 amide bonds. The van der Waals surface area contributed by atoms with Crippen molar-refractivity contribution in [3.05, 3.63) is 67.3 Å². The number of rotatable bonds is 4. The summed E-state index contributed by atoms with van der Waals surface area (Å²) in [7, 11) is 0. The summed E-state index contributed by atoms with van der Waals surface area (Å²) in [5.41, 5.74) is 2.68. The van der Waals surface area contributed by atoms with Gasteiger partial charge < -0.3 is 5.11 Å². The van der Waals surface area contributed by atoms with E-state index in [0.717, 1.165) is 15.9 Å². The molecule has 0 aliphatic carbocycles. The third-order valence-corrected chi connectivity index (χ3v) is 3.42. The third kappa shape index (κ3) is 4.01. The molecule has 2 N–H and O–H groups in total. The molecule has 0 aromatic heterocycles. The van der Waals surface area contributed by atoms with Crippen molar-refractivity contribution in [2.75, 3.05) is 0 Å². The summed E-state index contributed by atoms with van der Waals surface area (Å²) in [6, 6.07) is 10.4. The Morgan fingerprint density at radius 2 is 1.95 bits per heavy atom. The number of hydrazone groups is 1. The van der Waals surface area contributed by atoms with Gasteiger partial charge >= 0.3 is 0 Å². The number of hydrogen-bond donors (Lipinski definition) is 2. The van der Waals surface area contributed by atoms with E-state index in [-0.39, 0.29) is 17.0 Å². The van der Waals surface area contributed by atoms with E-state index in [1.165, 1.54) is 12.1 Å². The molecule has 0 fully saturated rings. The van der Waals surface area contributed by atoms with Crippen LogP contribution in [0.1, 0.15) is 15.9 Å². The number of nitro benzene ring substituents is 1. The number of phenols is 1. The van der Waals surface area contributed by atoms with Crippen molar-refractivity contribution in [3.63, 3.8) is 0 Å². The first kappa shape index (κ1) is 15.9. The number of carbonyl (C=O) groups is 1. The minimum Gasteiger partial charge on any atom is -0.507 e. The van der Waals surface area contributed by atoms with Gasteiger partial charge in [0, 0.05) is 26.8 Å². The summed E-state index contributed by atoms with van der Waals surface area (Å²) >= 11 is 2.12. The summed E-state index contributed by atoms with van der Waals surface area (Å²) in [4.78, 5) is 21.9. The number of halogens is 1. The summed E-state index contributed by atoms with van der Waals surface area (Å²) < 4.78 is 0.999. The van der Waals surface area contributed by atoms with Gasteiger partial charge in [0.2, 0.25) is 0 Å². The van der Waals surface area contributed by atoms with Crippen molar-refractivity contribution in [2.45, 2.75) is 0 Å². The van der Waals surface area contributed by atoms with Crippen LogP contribution in [0, 0.1) is 13.7 Å². The Morgan fingerprint density at radius 1 is 1.27 bits per heavy atom. The van der Waals surface area contributed by atoms with E-state index < -0.39 is 10.8 Å². The largest absolute Gasteiger partial charge is 0.507 e. The highest BCUT2D eigenvalue weighted by molar-refractivity contribution is 14.1. The number of benzene rings is 2. The maximum atomic E-state index is 11.8. The van der Waals surface area contributed by atoms with E-state index in [9.17, 15) is 20.0 Å². The Hall–Kier alpha value is -2.49. The number of carbonyl (C=O) groups excluding carboxylic acids is 1. The number of nitrogens with zero attached hydrogens (tertiary/aromatic N) is 2. The molecule has 0 spiro atoms. The van der Waals surface area contributed by atoms with Crippen LogP contribution in [-0.4, -0.2) is 22.2 Å². The Balaban J connectivity index is 2.09. The molecule has 8 heteroatoms. The van der Waals surface area contributed by atoms with Gasteiger partial charge in [0.1, 0.15) is 5.75 Å². The van der Waals surface area contributed by atoms with Gasteiger partial charge in [0.05, 0.1) is 11.1 Å². The van der Waals surface area contributed by atoms with Crippen LogP contribution in [0.5, 0.6) is 5.75 Å². The number of nitro groups is 1. The van der Waals surface area contributed by atoms with Crippen LogP contribution in [-0.2, 0) is 0 Å². The molecule has 0 saturated heterocycles. The zero-order valence-electron chi connectivity index (χ0n) is 11.1. The van der Waals surface area contributed by atoms with Crippen molar-refractivity contribution in [1.29, 1.82) is 0 Å². The zero-order chi connectivity index (χ0) is 16.1. The molecule has 0 saturated carbocycles. The molecule has 22 heavy (non-hydrogen) atoms. The first-order chi connectivity index (χ1) is 10.5. The van der Waals surface area contributed by atoms with Crippen LogP contribution in [0.15, 0.2) is 47.6 Å². The topological polar surface area (TPSA) is 105 Å². The Labute approximate surface area is 139 Å². The molecule has 0 aliphatic heterocycles. The summed E-state index contributed by atoms with van der Waals surface area (Å²) in [5, 5.41) is 24.0. The van der Waals surface area contributed by atoms with E-state index in [1.807, 2.05) is 0 Å². The normalized spacial score (nSPS) is 10.6. The lowest BCUT2D eigenvalue weighted by atomic mass is 10.2. The highest BCUT2D eigenvalue weighted by Crippen LogP contribution is 2.21. The molecule has 0 atom stereocenters. The lowest BCUT2D eigenvalue weighted by Crippen LogP contribution is -2.17. The average molecular weight is 411 g/mol. The fraction of sp³-hybridized carbons (Fsp3) is 0. The van der Waals surface area contributed by atoms with Crippen LogP contribution in [0.4, 0.5) is 5.69 Å². The van der Waals surface area contributed by atoms with E-state index >= 15 is 0 Å². The maximum Gasteiger partial charge on any atom is 0.271 e. The quantitative estimate of drug-likeness (QED) is 0.349. The van der Waals surface area contributed by atoms with Crippen LogP contribution < -0.4 is 5.43 Å². The number of amides is 1. The highest BCUT2D eigenvalue weighted by atomic mass is 127. The standard InChI is InChI=1S/C14H10IN3O4/c15-11-3-1-9(2-4-11)14(20)17-16-8-10-7-12(18(21)22)5-6-13(10)19/h1-8,19H,(H,17,20)/b16-8+. The molecule has 0 unspecified atom stereocenters. The molecule has 2 rings (SSSR count). The van der Waals surface area contributed by atoms with Crippen molar-refractivity contribution in [2.24, 2.45) is 5.10 Å². The molecule has 0 heterocycles. The smallest absolute Gasteiger partial charge is 0.271 e. The summed E-state index contributed by atoms with van der Waals surface area (Å²) in [5.74, 6) is -0.588. The second-order valence-electron chi connectivity index (χ2n) is 4.21. The molecule has 0 radical (unpaired) electrons. The van der Waals surface area contributed by atoms with E-state index in [1.54, 1.807) is 24.3 Å². The fourth-order valence-electron chi connectivity index (χ4n) is 1.59. The molecule has 0 aliphatic rings. The average Bonchev–Trinajstić information content (AvgIpc) is 2.49. The Kier molecular flexibility index (Phi) is 5.04. The maximum absolute atomic E-state index is 11.8. The van der Waals surface area contributed by atoms with Gasteiger partial charge in [0.15, 0.2) is 0 Å². The van der Waals surface area contributed by atoms with E-state index in [4.69, 9.17) is 0 Å². The third-order valence-electron chi connectivity index (χ3n) is 2.70. The number of hydrogen-bond acceptors (Lipinski definition) is 5. The summed E-state index contributed by atoms with van der Waals surface area (Å²) in [6.45, 7) is 0. The molecule has 112 valence electrons. The van der Waals surface area contributed by atoms with Gasteiger partial charge in [0.25, 0.3) is 11.6 Å². The van der Waals surface area contributed by atoms with Gasteiger partial charge in [-0.05, 0) is 52.9 Å². The molecule has 0 bridgehead atoms. The van der Waals surface area contributed by atoms with Crippen LogP contribution in [0.2, 0.25) is 0 Å². The van der Waals surface area contributed by atoms with Crippen LogP contribution in [0.25, 0.3) is 0 Å². The predicted molar refractivity (Wildman–Crippen MR) is 89.0 cm³/mol. The minimum absolute atomic E-state index is 0.136. The lowest BCUT2D eigenvalue weighted by Gasteiger charge is -2.01. The SMILES string of the molecule is O=C(N/N=C/c1cc([N+](=O)[O-])ccc1O)c1ccc(I)cc1. The van der Waals surface area contributed by atoms with Crippen molar-refractivity contribution < 1.29 is 14.8 Å². The summed E-state index contributed by atoms with van der Waals surface area (Å²) in [6.07, 6.45) is 1.15. The predicted octanol–water partition coefficient (Wildman–Crippen LogP) is 2.67. The molecular formula is C14H10IN3O4. The van der Waals surface area contributed by atoms with Crippen LogP contribution in [0.3, 0.4) is 0 Å². The fourth-order valence-corrected chi connectivity index (χ4v) is 1.94. The molecular weight excluding hydrogens is 401 g/mol. The highest BCUT2D eigenvalue weighted by Gasteiger charge is 2.09. The molecule has 2 aromatic carbocycles. The lowest BCUT2D eigenvalue weighted by molar-refractivity contribution is -0.384. The number of nitrogens with one attached hydrogen (secondary N) is 1. The Morgan fingerprint density at radius 3 is 2.59 bits per heavy atom. The van der Waals surface area contributed by atoms with Gasteiger partial charge in [-0.15, -0.1) is 0 Å². The first-order valence-corrected chi connectivity index (χ1v) is 7.11. The molecule has 2 aromatic rings. The van der Waals surface area contributed by atoms with E-state index in [0.29, 0.717) is 5.56 Å². The van der Waals surface area contributed by atoms with Crippen molar-refractivity contribution in [3.8, 4) is 5.75 Å². The number of non-ortho nitro benzene ring substituents is 1. The second kappa shape index (κ2) is 6.98. The zero-order valence-corrected chi connectivity index (χ0v) is 13.2. The minimum atomic E-state index is -0.582. The van der Waals surface area contributed by atoms with Gasteiger partial charge in [-0.25, -0.2) is 5.43 Å². The molecule has 7 nitrogen and oxygen atoms in total.